The molecule has 0 aliphatic carbocycles. The average Bonchev–Trinajstić information content (AvgIpc) is 2.99. The maximum absolute atomic E-state index is 10.3. The minimum absolute atomic E-state index is 0. The molecule has 0 bridgehead atoms. The summed E-state index contributed by atoms with van der Waals surface area (Å²) < 4.78 is 0.900. The third-order valence-electron chi connectivity index (χ3n) is 5.64. The maximum atomic E-state index is 10.3. The van der Waals surface area contributed by atoms with Crippen molar-refractivity contribution in [1.82, 2.24) is 15.0 Å². The number of unbranched alkanes of at least 4 members (excludes halogenated alkanes) is 1. The molecule has 0 saturated heterocycles. The van der Waals surface area contributed by atoms with E-state index in [0.29, 0.717) is 11.4 Å². The summed E-state index contributed by atoms with van der Waals surface area (Å²) in [6.45, 7) is 29.2. The molecule has 10 heteroatoms. The van der Waals surface area contributed by atoms with Crippen molar-refractivity contribution in [2.45, 2.75) is 112 Å². The van der Waals surface area contributed by atoms with Crippen molar-refractivity contribution in [3.05, 3.63) is 94.6 Å². The number of pyridine rings is 3. The van der Waals surface area contributed by atoms with E-state index in [9.17, 15) is 15.0 Å². The zero-order valence-electron chi connectivity index (χ0n) is 32.9. The van der Waals surface area contributed by atoms with Crippen LogP contribution in [0.4, 0.5) is 0 Å². The zero-order chi connectivity index (χ0) is 38.5. The maximum Gasteiger partial charge on any atom is 1.00 e. The fraction of sp³-hybridized carbons (Fsp3) is 0.425. The fourth-order valence-corrected chi connectivity index (χ4v) is 4.48. The average molecular weight is 771 g/mol. The number of carbonyl (C=O) groups is 1. The summed E-state index contributed by atoms with van der Waals surface area (Å²) in [4.78, 5) is 22.5. The summed E-state index contributed by atoms with van der Waals surface area (Å²) in [6.07, 6.45) is 12.5. The Balaban J connectivity index is -0.000000581. The van der Waals surface area contributed by atoms with E-state index in [1.165, 1.54) is 18.9 Å². The van der Waals surface area contributed by atoms with Crippen LogP contribution in [0.15, 0.2) is 59.6 Å². The van der Waals surface area contributed by atoms with Crippen molar-refractivity contribution in [2.24, 2.45) is 0 Å². The van der Waals surface area contributed by atoms with Crippen LogP contribution in [0.5, 0.6) is 0 Å². The second-order valence-electron chi connectivity index (χ2n) is 13.8. The molecular formula is C40H57BrLiN3O3Si2. The number of ketones is 1. The molecule has 3 heterocycles. The van der Waals surface area contributed by atoms with Crippen molar-refractivity contribution in [3.63, 3.8) is 0 Å². The van der Waals surface area contributed by atoms with E-state index in [2.05, 4.69) is 113 Å². The molecule has 2 N–H and O–H groups in total. The molecule has 50 heavy (non-hydrogen) atoms. The predicted octanol–water partition coefficient (Wildman–Crippen LogP) is 5.94. The molecule has 0 spiro atoms. The fourth-order valence-electron chi connectivity index (χ4n) is 2.83. The first-order valence-electron chi connectivity index (χ1n) is 16.1. The number of aryl methyl sites for hydroxylation is 3. The molecule has 0 aliphatic rings. The van der Waals surface area contributed by atoms with Crippen molar-refractivity contribution < 1.29 is 33.9 Å². The molecule has 2 unspecified atom stereocenters. The van der Waals surface area contributed by atoms with E-state index in [0.717, 1.165) is 22.2 Å². The third-order valence-corrected chi connectivity index (χ3v) is 7.82. The van der Waals surface area contributed by atoms with E-state index in [-0.39, 0.29) is 24.6 Å². The number of halogens is 1. The smallest absolute Gasteiger partial charge is 0.372 e. The van der Waals surface area contributed by atoms with Crippen LogP contribution < -0.4 is 18.9 Å². The van der Waals surface area contributed by atoms with Crippen LogP contribution >= 0.6 is 15.9 Å². The summed E-state index contributed by atoms with van der Waals surface area (Å²) in [6, 6.07) is 11.4. The molecule has 266 valence electrons. The number of Topliss-reactive ketones (excluding diaryl/α,β-unsaturated/α-hetero) is 1. The van der Waals surface area contributed by atoms with Gasteiger partial charge < -0.3 is 17.1 Å². The van der Waals surface area contributed by atoms with Crippen LogP contribution in [0.3, 0.4) is 0 Å². The summed E-state index contributed by atoms with van der Waals surface area (Å²) in [7, 11) is -2.76. The molecule has 2 atom stereocenters. The van der Waals surface area contributed by atoms with Gasteiger partial charge in [0, 0.05) is 25.5 Å². The van der Waals surface area contributed by atoms with Gasteiger partial charge in [0.2, 0.25) is 5.78 Å². The van der Waals surface area contributed by atoms with Gasteiger partial charge in [0.05, 0.1) is 11.4 Å². The first-order valence-corrected chi connectivity index (χ1v) is 23.9. The topological polar surface area (TPSA) is 96.2 Å². The van der Waals surface area contributed by atoms with Crippen molar-refractivity contribution in [3.8, 4) is 35.3 Å². The van der Waals surface area contributed by atoms with E-state index >= 15 is 0 Å². The van der Waals surface area contributed by atoms with Crippen LogP contribution in [0, 0.1) is 63.0 Å². The van der Waals surface area contributed by atoms with Crippen molar-refractivity contribution in [2.75, 3.05) is 0 Å². The van der Waals surface area contributed by atoms with Crippen LogP contribution in [-0.4, -0.2) is 47.1 Å². The van der Waals surface area contributed by atoms with E-state index in [4.69, 9.17) is 6.42 Å². The number of aliphatic hydroxyl groups is 2. The molecule has 0 aromatic carbocycles. The Morgan fingerprint density at radius 2 is 1.20 bits per heavy atom. The first kappa shape index (κ1) is 51.6. The van der Waals surface area contributed by atoms with Gasteiger partial charge in [0.1, 0.15) is 20.8 Å². The van der Waals surface area contributed by atoms with Crippen LogP contribution in [0.25, 0.3) is 0 Å². The van der Waals surface area contributed by atoms with Crippen LogP contribution in [0.1, 0.15) is 68.6 Å². The molecular weight excluding hydrogens is 713 g/mol. The van der Waals surface area contributed by atoms with Gasteiger partial charge in [-0.15, -0.1) is 17.5 Å². The normalized spacial score (nSPS) is 12.2. The SMILES string of the molecule is C#CC(C)(O)c1cc(C)ccn1.CC(=O)C#C[Si](C)(C)C.Cc1ccnc(Br)c1.Cc1ccnc(C(C)(O)C#C[Si](C)(C)C)c1.[CH2-]CCC.[Li+]. The molecule has 6 nitrogen and oxygen atoms in total. The largest absolute Gasteiger partial charge is 1.00 e. The molecule has 3 aromatic heterocycles. The Morgan fingerprint density at radius 1 is 0.820 bits per heavy atom. The minimum atomic E-state index is -1.46. The van der Waals surface area contributed by atoms with Gasteiger partial charge in [0.15, 0.2) is 11.2 Å². The van der Waals surface area contributed by atoms with Gasteiger partial charge in [-0.2, -0.15) is 6.42 Å². The first-order chi connectivity index (χ1) is 22.4. The Kier molecular flexibility index (Phi) is 26.0. The number of carbonyl (C=O) groups excluding carboxylic acids is 1. The number of aromatic nitrogens is 3. The summed E-state index contributed by atoms with van der Waals surface area (Å²) >= 11 is 3.25. The molecule has 3 rings (SSSR count). The zero-order valence-corrected chi connectivity index (χ0v) is 36.5. The Morgan fingerprint density at radius 3 is 1.46 bits per heavy atom. The van der Waals surface area contributed by atoms with Gasteiger partial charge in [-0.25, -0.2) is 4.98 Å². The molecule has 0 fully saturated rings. The number of hydrogen-bond acceptors (Lipinski definition) is 6. The van der Waals surface area contributed by atoms with Crippen LogP contribution in [-0.2, 0) is 16.0 Å². The second kappa shape index (κ2) is 25.2. The quantitative estimate of drug-likeness (QED) is 0.148. The van der Waals surface area contributed by atoms with E-state index in [1.807, 2.05) is 51.1 Å². The molecule has 0 aliphatic heterocycles. The Labute approximate surface area is 326 Å². The van der Waals surface area contributed by atoms with Crippen molar-refractivity contribution >= 4 is 37.9 Å². The van der Waals surface area contributed by atoms with Crippen LogP contribution in [0.2, 0.25) is 39.3 Å². The molecule has 3 aromatic rings. The number of terminal acetylenes is 1. The Bertz CT molecular complexity index is 1600. The monoisotopic (exact) mass is 769 g/mol. The number of nitrogens with zero attached hydrogens (tertiary/aromatic N) is 3. The van der Waals surface area contributed by atoms with Gasteiger partial charge in [-0.3, -0.25) is 14.8 Å². The number of rotatable bonds is 3. The van der Waals surface area contributed by atoms with E-state index < -0.39 is 27.3 Å². The molecule has 0 saturated carbocycles. The van der Waals surface area contributed by atoms with Gasteiger partial charge in [0.25, 0.3) is 0 Å². The molecule has 0 radical (unpaired) electrons. The summed E-state index contributed by atoms with van der Waals surface area (Å²) in [5.74, 6) is 7.75. The minimum Gasteiger partial charge on any atom is -0.372 e. The molecule has 0 amide bonds. The summed E-state index contributed by atoms with van der Waals surface area (Å²) in [5.41, 5.74) is 8.23. The van der Waals surface area contributed by atoms with Crippen molar-refractivity contribution in [1.29, 1.82) is 0 Å². The summed E-state index contributed by atoms with van der Waals surface area (Å²) in [5, 5.41) is 19.9. The van der Waals surface area contributed by atoms with Gasteiger partial charge in [-0.1, -0.05) is 64.5 Å². The van der Waals surface area contributed by atoms with Gasteiger partial charge >= 0.3 is 18.9 Å². The Hall–Kier alpha value is -2.77. The number of hydrogen-bond donors (Lipinski definition) is 2. The van der Waals surface area contributed by atoms with E-state index in [1.54, 1.807) is 38.5 Å². The standard InChI is InChI=1S/C13H19NOSi.C10H11NO.C7H12OSi.C6H6BrN.C4H9.Li/c1-11-6-8-14-12(10-11)13(2,15)7-9-16(3,4)5;1-4-10(3,12)9-7-8(2)5-6-11-9;1-7(8)5-6-9(2,3)4;1-5-2-3-8-6(7)4-5;1-3-4-2;/h6,8,10,15H,1-5H3;1,5-7,12H,2-3H3;1-4H3;2-4H,1H3;1,3-4H2,2H3;/q;;;;-1;+1. The predicted molar refractivity (Wildman–Crippen MR) is 216 cm³/mol. The second-order valence-corrected chi connectivity index (χ2v) is 24.1. The third kappa shape index (κ3) is 28.0. The van der Waals surface area contributed by atoms with Gasteiger partial charge in [-0.05, 0) is 110 Å².